The Kier molecular flexibility index (Phi) is 8.01. The second-order valence-electron chi connectivity index (χ2n) is 5.79. The average Bonchev–Trinajstić information content (AvgIpc) is 2.56. The van der Waals surface area contributed by atoms with Gasteiger partial charge in [-0.25, -0.2) is 9.78 Å². The third-order valence-electron chi connectivity index (χ3n) is 3.62. The highest BCUT2D eigenvalue weighted by molar-refractivity contribution is 5.87. The number of nitrogens with two attached hydrogens (primary N) is 1. The number of rotatable bonds is 6. The van der Waals surface area contributed by atoms with Crippen molar-refractivity contribution in [3.05, 3.63) is 47.5 Å². The maximum atomic E-state index is 11.4. The average molecular weight is 365 g/mol. The van der Waals surface area contributed by atoms with Crippen LogP contribution in [0.5, 0.6) is 0 Å². The van der Waals surface area contributed by atoms with Gasteiger partial charge in [0.05, 0.1) is 13.2 Å². The van der Waals surface area contributed by atoms with Crippen molar-refractivity contribution in [3.63, 3.8) is 0 Å². The molecule has 2 rings (SSSR count). The summed E-state index contributed by atoms with van der Waals surface area (Å²) in [5.41, 5.74) is 8.91. The summed E-state index contributed by atoms with van der Waals surface area (Å²) in [6.07, 6.45) is -0.524. The van der Waals surface area contributed by atoms with E-state index in [1.807, 2.05) is 6.07 Å². The number of pyridine rings is 1. The highest BCUT2D eigenvalue weighted by Gasteiger charge is 2.10. The molecule has 0 radical (unpaired) electrons. The lowest BCUT2D eigenvalue weighted by molar-refractivity contribution is -0.342. The minimum absolute atomic E-state index is 0. The molecule has 0 aliphatic rings. The summed E-state index contributed by atoms with van der Waals surface area (Å²) in [6, 6.07) is 12.1. The van der Waals surface area contributed by atoms with E-state index in [9.17, 15) is 4.79 Å². The summed E-state index contributed by atoms with van der Waals surface area (Å²) in [5, 5.41) is 5.86. The fourth-order valence-corrected chi connectivity index (χ4v) is 2.22. The fourth-order valence-electron chi connectivity index (χ4n) is 2.22. The molecule has 2 aromatic rings. The Morgan fingerprint density at radius 2 is 1.88 bits per heavy atom. The molecule has 0 aliphatic carbocycles. The summed E-state index contributed by atoms with van der Waals surface area (Å²) < 4.78 is 4.83. The van der Waals surface area contributed by atoms with E-state index in [2.05, 4.69) is 53.7 Å². The Labute approximate surface area is 154 Å². The largest absolute Gasteiger partial charge is 1.00 e. The van der Waals surface area contributed by atoms with Crippen molar-refractivity contribution in [1.82, 2.24) is 0 Å². The highest BCUT2D eigenvalue weighted by Crippen LogP contribution is 2.17. The van der Waals surface area contributed by atoms with Crippen LogP contribution >= 0.6 is 0 Å². The quantitative estimate of drug-likeness (QED) is 0.691. The van der Waals surface area contributed by atoms with Crippen LogP contribution in [-0.4, -0.2) is 12.7 Å². The number of halogens is 1. The molecule has 0 saturated heterocycles. The number of benzene rings is 1. The van der Waals surface area contributed by atoms with Crippen LogP contribution < -0.4 is 33.8 Å². The predicted molar refractivity (Wildman–Crippen MR) is 95.9 cm³/mol. The molecule has 7 heteroatoms. The number of aromatic amines is 1. The molecular weight excluding hydrogens is 340 g/mol. The van der Waals surface area contributed by atoms with Crippen LogP contribution in [0.25, 0.3) is 0 Å². The Morgan fingerprint density at radius 1 is 1.20 bits per heavy atom. The molecule has 0 fully saturated rings. The molecule has 1 aromatic heterocycles. The number of H-pyrrole nitrogens is 1. The van der Waals surface area contributed by atoms with Crippen LogP contribution in [0.2, 0.25) is 0 Å². The third-order valence-corrected chi connectivity index (χ3v) is 3.62. The van der Waals surface area contributed by atoms with Gasteiger partial charge in [-0.1, -0.05) is 38.1 Å². The maximum absolute atomic E-state index is 11.4. The second kappa shape index (κ2) is 9.74. The van der Waals surface area contributed by atoms with E-state index in [-0.39, 0.29) is 12.4 Å². The van der Waals surface area contributed by atoms with E-state index in [0.29, 0.717) is 30.6 Å². The first kappa shape index (κ1) is 20.6. The monoisotopic (exact) mass is 364 g/mol. The number of carbonyl (C=O) groups excluding carboxylic acids is 1. The van der Waals surface area contributed by atoms with Crippen LogP contribution in [0.1, 0.15) is 37.8 Å². The Balaban J connectivity index is 0.00000312. The van der Waals surface area contributed by atoms with Gasteiger partial charge in [-0.05, 0) is 30.0 Å². The first-order valence-corrected chi connectivity index (χ1v) is 8.08. The van der Waals surface area contributed by atoms with Crippen LogP contribution in [0.4, 0.5) is 22.1 Å². The minimum atomic E-state index is -0.524. The summed E-state index contributed by atoms with van der Waals surface area (Å²) in [6.45, 7) is 7.09. The van der Waals surface area contributed by atoms with Gasteiger partial charge in [0.2, 0.25) is 11.6 Å². The van der Waals surface area contributed by atoms with Gasteiger partial charge >= 0.3 is 6.09 Å². The molecule has 1 heterocycles. The summed E-state index contributed by atoms with van der Waals surface area (Å²) >= 11 is 0. The van der Waals surface area contributed by atoms with Gasteiger partial charge in [0.25, 0.3) is 0 Å². The van der Waals surface area contributed by atoms with Crippen LogP contribution in [0, 0.1) is 0 Å². The van der Waals surface area contributed by atoms with Gasteiger partial charge < -0.3 is 28.2 Å². The van der Waals surface area contributed by atoms with E-state index >= 15 is 0 Å². The van der Waals surface area contributed by atoms with Gasteiger partial charge in [-0.15, -0.1) is 0 Å². The van der Waals surface area contributed by atoms with Gasteiger partial charge in [0.15, 0.2) is 0 Å². The molecule has 0 spiro atoms. The number of anilines is 3. The first-order chi connectivity index (χ1) is 11.5. The van der Waals surface area contributed by atoms with Crippen LogP contribution in [0.3, 0.4) is 0 Å². The van der Waals surface area contributed by atoms with Crippen LogP contribution in [-0.2, 0) is 11.3 Å². The normalized spacial score (nSPS) is 10.1. The molecule has 5 N–H and O–H groups in total. The van der Waals surface area contributed by atoms with Crippen molar-refractivity contribution in [1.29, 1.82) is 0 Å². The SMILES string of the molecule is CCOC(=O)Nc1ccc(NCc2ccc(C(C)C)cc2)[nH+]c1N.[Cl-]. The molecule has 0 saturated carbocycles. The smallest absolute Gasteiger partial charge is 0.411 e. The van der Waals surface area contributed by atoms with Crippen LogP contribution in [0.15, 0.2) is 36.4 Å². The molecular formula is C18H25ClN4O2. The van der Waals surface area contributed by atoms with Crippen molar-refractivity contribution in [2.45, 2.75) is 33.2 Å². The van der Waals surface area contributed by atoms with Crippen molar-refractivity contribution in [3.8, 4) is 0 Å². The number of amides is 1. The molecule has 0 atom stereocenters. The summed E-state index contributed by atoms with van der Waals surface area (Å²) in [7, 11) is 0. The number of ether oxygens (including phenoxy) is 1. The lowest BCUT2D eigenvalue weighted by atomic mass is 10.0. The Hall–Kier alpha value is -2.47. The topological polar surface area (TPSA) is 90.5 Å². The zero-order valence-electron chi connectivity index (χ0n) is 14.7. The molecule has 0 bridgehead atoms. The Morgan fingerprint density at radius 3 is 2.44 bits per heavy atom. The molecule has 1 aromatic carbocycles. The van der Waals surface area contributed by atoms with Gasteiger partial charge in [-0.2, -0.15) is 0 Å². The summed E-state index contributed by atoms with van der Waals surface area (Å²) in [5.74, 6) is 1.66. The fraction of sp³-hybridized carbons (Fsp3) is 0.333. The number of nitrogens with one attached hydrogen (secondary N) is 3. The lowest BCUT2D eigenvalue weighted by Crippen LogP contribution is -3.00. The van der Waals surface area contributed by atoms with Crippen molar-refractivity contribution in [2.75, 3.05) is 23.0 Å². The molecule has 6 nitrogen and oxygen atoms in total. The van der Waals surface area contributed by atoms with Gasteiger partial charge in [0, 0.05) is 6.07 Å². The van der Waals surface area contributed by atoms with Crippen molar-refractivity contribution >= 4 is 23.4 Å². The maximum Gasteiger partial charge on any atom is 0.411 e. The van der Waals surface area contributed by atoms with Crippen molar-refractivity contribution < 1.29 is 26.9 Å². The molecule has 0 unspecified atom stereocenters. The molecule has 0 aliphatic heterocycles. The Bertz CT molecular complexity index is 690. The van der Waals surface area contributed by atoms with E-state index in [1.165, 1.54) is 11.1 Å². The first-order valence-electron chi connectivity index (χ1n) is 8.08. The number of aromatic nitrogens is 1. The lowest BCUT2D eigenvalue weighted by Gasteiger charge is -2.08. The van der Waals surface area contributed by atoms with Gasteiger partial charge in [-0.3, -0.25) is 5.32 Å². The van der Waals surface area contributed by atoms with E-state index < -0.39 is 6.09 Å². The zero-order chi connectivity index (χ0) is 17.5. The zero-order valence-corrected chi connectivity index (χ0v) is 15.5. The van der Waals surface area contributed by atoms with E-state index in [4.69, 9.17) is 10.5 Å². The second-order valence-corrected chi connectivity index (χ2v) is 5.79. The van der Waals surface area contributed by atoms with Gasteiger partial charge in [0.1, 0.15) is 5.69 Å². The number of hydrogen-bond acceptors (Lipinski definition) is 4. The number of nitrogen functional groups attached to an aromatic ring is 1. The molecule has 136 valence electrons. The molecule has 1 amide bonds. The van der Waals surface area contributed by atoms with E-state index in [1.54, 1.807) is 13.0 Å². The number of hydrogen-bond donors (Lipinski definition) is 3. The number of carbonyl (C=O) groups is 1. The summed E-state index contributed by atoms with van der Waals surface area (Å²) in [4.78, 5) is 14.4. The standard InChI is InChI=1S/C18H24N4O2.ClH/c1-4-24-18(23)21-15-9-10-16(22-17(15)19)20-11-13-5-7-14(8-6-13)12(2)3;/h5-10,12H,4,11H2,1-3H3,(H,21,23)(H3,19,20,22);1H. The highest BCUT2D eigenvalue weighted by atomic mass is 35.5. The third kappa shape index (κ3) is 6.15. The minimum Gasteiger partial charge on any atom is -1.00 e. The molecule has 25 heavy (non-hydrogen) atoms. The predicted octanol–water partition coefficient (Wildman–Crippen LogP) is 0.391. The van der Waals surface area contributed by atoms with E-state index in [0.717, 1.165) is 5.82 Å². The van der Waals surface area contributed by atoms with Crippen molar-refractivity contribution in [2.24, 2.45) is 0 Å².